The van der Waals surface area contributed by atoms with E-state index in [4.69, 9.17) is 9.97 Å². The van der Waals surface area contributed by atoms with Crippen LogP contribution in [0.25, 0.3) is 33.6 Å². The van der Waals surface area contributed by atoms with Gasteiger partial charge in [0, 0.05) is 28.6 Å². The van der Waals surface area contributed by atoms with Crippen molar-refractivity contribution in [2.45, 2.75) is 41.5 Å². The van der Waals surface area contributed by atoms with E-state index >= 15 is 0 Å². The highest BCUT2D eigenvalue weighted by molar-refractivity contribution is 5.90. The highest BCUT2D eigenvalue weighted by Crippen LogP contribution is 2.46. The third kappa shape index (κ3) is 7.40. The van der Waals surface area contributed by atoms with Gasteiger partial charge in [-0.2, -0.15) is 0 Å². The number of aromatic hydroxyl groups is 1. The molecule has 0 aliphatic carbocycles. The second kappa shape index (κ2) is 15.6. The summed E-state index contributed by atoms with van der Waals surface area (Å²) in [6.07, 6.45) is 1.83. The molecule has 0 aliphatic rings. The van der Waals surface area contributed by atoms with Crippen molar-refractivity contribution in [3.05, 3.63) is 197 Å². The van der Waals surface area contributed by atoms with Crippen molar-refractivity contribution in [1.29, 1.82) is 0 Å². The number of rotatable bonds is 9. The maximum atomic E-state index is 11.2. The number of para-hydroxylation sites is 2. The first kappa shape index (κ1) is 37.0. The van der Waals surface area contributed by atoms with E-state index in [0.717, 1.165) is 56.6 Å². The van der Waals surface area contributed by atoms with Gasteiger partial charge >= 0.3 is 0 Å². The fraction of sp³-hybridized carbons (Fsp3) is 0.115. The summed E-state index contributed by atoms with van der Waals surface area (Å²) in [5.41, 5.74) is 17.6. The van der Waals surface area contributed by atoms with Crippen LogP contribution < -0.4 is 9.80 Å². The molecule has 8 rings (SSSR count). The summed E-state index contributed by atoms with van der Waals surface area (Å²) in [6, 6.07) is 54.2. The van der Waals surface area contributed by atoms with Crippen molar-refractivity contribution < 1.29 is 5.11 Å². The molecule has 2 heterocycles. The molecule has 8 aromatic rings. The average molecular weight is 743 g/mol. The lowest BCUT2D eigenvalue weighted by molar-refractivity contribution is 0.477. The van der Waals surface area contributed by atoms with Crippen LogP contribution in [0.4, 0.5) is 34.3 Å². The van der Waals surface area contributed by atoms with Gasteiger partial charge in [-0.15, -0.1) is 0 Å². The summed E-state index contributed by atoms with van der Waals surface area (Å²) in [6.45, 7) is 13.1. The Hall–Kier alpha value is -6.98. The van der Waals surface area contributed by atoms with Crippen LogP contribution in [0.2, 0.25) is 0 Å². The second-order valence-corrected chi connectivity index (χ2v) is 14.9. The van der Waals surface area contributed by atoms with Crippen LogP contribution in [0.1, 0.15) is 33.4 Å². The number of anilines is 6. The minimum Gasteiger partial charge on any atom is -0.507 e. The van der Waals surface area contributed by atoms with Crippen molar-refractivity contribution >= 4 is 34.3 Å². The SMILES string of the molecule is Cc1cc(C)c(N(c2cc(-c3cccc(N(c4ccccn4)c4ccccc4-c4ccccc4)c3)nc(-c3ccccc3O)c2)c2c(C)cc(C)cc2C)c(C)c1. The lowest BCUT2D eigenvalue weighted by atomic mass is 9.98. The number of pyridine rings is 2. The number of aryl methyl sites for hydroxylation is 6. The number of hydrogen-bond donors (Lipinski definition) is 1. The van der Waals surface area contributed by atoms with Gasteiger partial charge < -0.3 is 10.0 Å². The van der Waals surface area contributed by atoms with Gasteiger partial charge in [-0.05, 0) is 124 Å². The van der Waals surface area contributed by atoms with E-state index in [1.807, 2.05) is 48.7 Å². The molecule has 0 spiro atoms. The van der Waals surface area contributed by atoms with Crippen LogP contribution in [0.15, 0.2) is 164 Å². The molecule has 1 N–H and O–H groups in total. The van der Waals surface area contributed by atoms with Crippen molar-refractivity contribution in [1.82, 2.24) is 9.97 Å². The Morgan fingerprint density at radius 1 is 0.439 bits per heavy atom. The summed E-state index contributed by atoms with van der Waals surface area (Å²) in [5.74, 6) is 0.981. The summed E-state index contributed by atoms with van der Waals surface area (Å²) in [4.78, 5) is 14.8. The van der Waals surface area contributed by atoms with Gasteiger partial charge in [0.1, 0.15) is 11.6 Å². The summed E-state index contributed by atoms with van der Waals surface area (Å²) in [5, 5.41) is 11.2. The van der Waals surface area contributed by atoms with Gasteiger partial charge in [0.2, 0.25) is 0 Å². The largest absolute Gasteiger partial charge is 0.507 e. The molecule has 0 amide bonds. The van der Waals surface area contributed by atoms with E-state index in [1.54, 1.807) is 6.07 Å². The highest BCUT2D eigenvalue weighted by atomic mass is 16.3. The molecule has 6 aromatic carbocycles. The molecule has 5 heteroatoms. The quantitative estimate of drug-likeness (QED) is 0.160. The van der Waals surface area contributed by atoms with E-state index < -0.39 is 0 Å². The Labute approximate surface area is 336 Å². The maximum absolute atomic E-state index is 11.2. The number of aromatic nitrogens is 2. The lowest BCUT2D eigenvalue weighted by Gasteiger charge is -2.32. The standard InChI is InChI=1S/C52H46N4O/c1-34-27-36(3)51(37(4)28-34)56(52-38(5)29-35(2)30-39(52)6)43-32-46(54-47(33-43)45-22-11-13-24-49(45)57)41-19-16-20-42(31-41)55(50-25-14-15-26-53-50)48-23-12-10-21-44(48)40-17-8-7-9-18-40/h7-33,57H,1-6H3. The van der Waals surface area contributed by atoms with Crippen LogP contribution >= 0.6 is 0 Å². The number of hydrogen-bond acceptors (Lipinski definition) is 5. The lowest BCUT2D eigenvalue weighted by Crippen LogP contribution is -2.16. The van der Waals surface area contributed by atoms with Crippen molar-refractivity contribution in [2.75, 3.05) is 9.80 Å². The number of phenolic OH excluding ortho intramolecular Hbond substituents is 1. The Morgan fingerprint density at radius 3 is 1.63 bits per heavy atom. The predicted octanol–water partition coefficient (Wildman–Crippen LogP) is 14.0. The van der Waals surface area contributed by atoms with Crippen LogP contribution in [-0.4, -0.2) is 15.1 Å². The van der Waals surface area contributed by atoms with E-state index in [1.165, 1.54) is 33.4 Å². The first-order valence-corrected chi connectivity index (χ1v) is 19.4. The van der Waals surface area contributed by atoms with Gasteiger partial charge in [0.05, 0.1) is 34.1 Å². The molecule has 0 aliphatic heterocycles. The number of benzene rings is 6. The van der Waals surface area contributed by atoms with E-state index in [2.05, 4.69) is 161 Å². The van der Waals surface area contributed by atoms with Crippen molar-refractivity contribution in [2.24, 2.45) is 0 Å². The molecule has 0 saturated carbocycles. The Bertz CT molecular complexity index is 2620. The third-order valence-electron chi connectivity index (χ3n) is 10.5. The maximum Gasteiger partial charge on any atom is 0.137 e. The van der Waals surface area contributed by atoms with E-state index in [-0.39, 0.29) is 5.75 Å². The molecular formula is C52H46N4O. The molecule has 0 saturated heterocycles. The second-order valence-electron chi connectivity index (χ2n) is 14.9. The molecule has 57 heavy (non-hydrogen) atoms. The first-order chi connectivity index (χ1) is 27.7. The monoisotopic (exact) mass is 742 g/mol. The number of phenols is 1. The molecule has 5 nitrogen and oxygen atoms in total. The first-order valence-electron chi connectivity index (χ1n) is 19.4. The van der Waals surface area contributed by atoms with Gasteiger partial charge in [-0.25, -0.2) is 9.97 Å². The van der Waals surface area contributed by atoms with Gasteiger partial charge in [-0.3, -0.25) is 4.90 Å². The Morgan fingerprint density at radius 2 is 1.00 bits per heavy atom. The highest BCUT2D eigenvalue weighted by Gasteiger charge is 2.24. The molecule has 0 bridgehead atoms. The van der Waals surface area contributed by atoms with Gasteiger partial charge in [0.15, 0.2) is 0 Å². The zero-order valence-corrected chi connectivity index (χ0v) is 33.3. The molecule has 0 unspecified atom stereocenters. The molecule has 0 atom stereocenters. The minimum absolute atomic E-state index is 0.178. The van der Waals surface area contributed by atoms with Crippen LogP contribution in [-0.2, 0) is 0 Å². The Kier molecular flexibility index (Phi) is 10.1. The van der Waals surface area contributed by atoms with Crippen LogP contribution in [0.3, 0.4) is 0 Å². The molecule has 0 fully saturated rings. The summed E-state index contributed by atoms with van der Waals surface area (Å²) in [7, 11) is 0. The van der Waals surface area contributed by atoms with Gasteiger partial charge in [0.25, 0.3) is 0 Å². The van der Waals surface area contributed by atoms with Gasteiger partial charge in [-0.1, -0.05) is 114 Å². The molecule has 0 radical (unpaired) electrons. The summed E-state index contributed by atoms with van der Waals surface area (Å²) < 4.78 is 0. The average Bonchev–Trinajstić information content (AvgIpc) is 3.21. The predicted molar refractivity (Wildman–Crippen MR) is 238 cm³/mol. The minimum atomic E-state index is 0.178. The number of nitrogens with zero attached hydrogens (tertiary/aromatic N) is 4. The fourth-order valence-corrected chi connectivity index (χ4v) is 8.26. The molecular weight excluding hydrogens is 697 g/mol. The molecule has 280 valence electrons. The smallest absolute Gasteiger partial charge is 0.137 e. The summed E-state index contributed by atoms with van der Waals surface area (Å²) >= 11 is 0. The Balaban J connectivity index is 1.38. The zero-order chi connectivity index (χ0) is 39.6. The topological polar surface area (TPSA) is 52.5 Å². The van der Waals surface area contributed by atoms with E-state index in [9.17, 15) is 5.11 Å². The third-order valence-corrected chi connectivity index (χ3v) is 10.5. The van der Waals surface area contributed by atoms with Crippen molar-refractivity contribution in [3.8, 4) is 39.4 Å². The normalized spacial score (nSPS) is 11.1. The molecule has 2 aromatic heterocycles. The fourth-order valence-electron chi connectivity index (χ4n) is 8.26. The van der Waals surface area contributed by atoms with Crippen molar-refractivity contribution in [3.63, 3.8) is 0 Å². The zero-order valence-electron chi connectivity index (χ0n) is 33.3. The van der Waals surface area contributed by atoms with Crippen LogP contribution in [0, 0.1) is 41.5 Å². The van der Waals surface area contributed by atoms with Crippen LogP contribution in [0.5, 0.6) is 5.75 Å². The van der Waals surface area contributed by atoms with E-state index in [0.29, 0.717) is 11.3 Å².